The molecule has 0 radical (unpaired) electrons. The van der Waals surface area contributed by atoms with Crippen LogP contribution in [0, 0.1) is 11.3 Å². The molecule has 1 unspecified atom stereocenters. The summed E-state index contributed by atoms with van der Waals surface area (Å²) >= 11 is 6.67. The Hall–Kier alpha value is -5.39. The molecule has 4 fully saturated rings. The molecule has 18 heteroatoms. The van der Waals surface area contributed by atoms with Gasteiger partial charge in [0.25, 0.3) is 5.56 Å². The summed E-state index contributed by atoms with van der Waals surface area (Å²) < 4.78 is 39.2. The Kier molecular flexibility index (Phi) is 10.4. The molecule has 7 heterocycles. The van der Waals surface area contributed by atoms with Gasteiger partial charge in [-0.05, 0) is 93.3 Å². The van der Waals surface area contributed by atoms with Gasteiger partial charge in [0.1, 0.15) is 5.02 Å². The number of fused-ring (bicyclic) bond motifs is 4. The van der Waals surface area contributed by atoms with Gasteiger partial charge in [0.15, 0.2) is 12.4 Å². The van der Waals surface area contributed by atoms with E-state index in [2.05, 4.69) is 62.8 Å². The number of alkyl halides is 2. The fourth-order valence-corrected chi connectivity index (χ4v) is 10.5. The normalized spacial score (nSPS) is 25.1. The van der Waals surface area contributed by atoms with Crippen LogP contribution in [-0.4, -0.2) is 103 Å². The highest BCUT2D eigenvalue weighted by Crippen LogP contribution is 2.46. The summed E-state index contributed by atoms with van der Waals surface area (Å²) in [4.78, 5) is 51.6. The van der Waals surface area contributed by atoms with Crippen molar-refractivity contribution < 1.29 is 28.2 Å². The number of nitrogens with zero attached hydrogens (tertiary/aromatic N) is 7. The van der Waals surface area contributed by atoms with Crippen molar-refractivity contribution >= 4 is 68.4 Å². The molecule has 64 heavy (non-hydrogen) atoms. The molecule has 1 saturated carbocycles. The van der Waals surface area contributed by atoms with Crippen molar-refractivity contribution in [3.05, 3.63) is 69.2 Å². The third kappa shape index (κ3) is 7.52. The number of aromatic nitrogens is 5. The van der Waals surface area contributed by atoms with Crippen LogP contribution >= 0.6 is 11.6 Å². The number of anilines is 4. The van der Waals surface area contributed by atoms with E-state index in [0.717, 1.165) is 36.8 Å². The quantitative estimate of drug-likeness (QED) is 0.130. The first-order chi connectivity index (χ1) is 30.5. The summed E-state index contributed by atoms with van der Waals surface area (Å²) in [5.74, 6) is -3.29. The third-order valence-corrected chi connectivity index (χ3v) is 14.8. The second-order valence-electron chi connectivity index (χ2n) is 19.2. The Morgan fingerprint density at radius 3 is 2.50 bits per heavy atom. The van der Waals surface area contributed by atoms with Crippen LogP contribution in [-0.2, 0) is 23.7 Å². The topological polar surface area (TPSA) is 172 Å². The van der Waals surface area contributed by atoms with Crippen molar-refractivity contribution in [1.82, 2.24) is 34.5 Å². The highest BCUT2D eigenvalue weighted by atomic mass is 35.5. The van der Waals surface area contributed by atoms with E-state index in [4.69, 9.17) is 26.4 Å². The molecule has 15 nitrogen and oxygen atoms in total. The lowest BCUT2D eigenvalue weighted by Crippen LogP contribution is -2.62. The minimum absolute atomic E-state index is 0.127. The van der Waals surface area contributed by atoms with Crippen molar-refractivity contribution in [1.29, 1.82) is 0 Å². The van der Waals surface area contributed by atoms with Gasteiger partial charge in [-0.25, -0.2) is 13.8 Å². The van der Waals surface area contributed by atoms with Gasteiger partial charge < -0.3 is 34.8 Å². The molecular weight excluding hydrogens is 846 g/mol. The number of hydrogen-bond acceptors (Lipinski definition) is 12. The average molecular weight is 899 g/mol. The summed E-state index contributed by atoms with van der Waals surface area (Å²) in [7, 11) is 3.49. The number of aliphatic hydroxyl groups is 1. The first-order valence-electron chi connectivity index (χ1n) is 22.2. The Morgan fingerprint density at radius 1 is 0.984 bits per heavy atom. The Balaban J connectivity index is 0.805. The highest BCUT2D eigenvalue weighted by Gasteiger charge is 2.52. The highest BCUT2D eigenvalue weighted by molar-refractivity contribution is 6.33. The van der Waals surface area contributed by atoms with Crippen LogP contribution in [0.5, 0.6) is 5.75 Å². The third-order valence-electron chi connectivity index (χ3n) is 14.5. The van der Waals surface area contributed by atoms with Gasteiger partial charge >= 0.3 is 5.92 Å². The monoisotopic (exact) mass is 898 g/mol. The van der Waals surface area contributed by atoms with Crippen LogP contribution in [0.25, 0.3) is 21.8 Å². The number of amides is 2. The van der Waals surface area contributed by atoms with Gasteiger partial charge in [0.2, 0.25) is 23.5 Å². The standard InChI is InChI=1S/C46H53ClF2N10O5/c1-44(2)22-59(18-15-45(44,63)23-58-16-13-25(14-17-58)27-7-9-29-34(19-27)57(4)55-36(29)30-10-12-35(60)52-41(30)61)43-50-21-32(47)40(54-43)51-28-8-11-33-31(20-28)37-38(42(62)56(33)3)64-24-46(48,49)39(53-37)26-5-6-26/h7-9,11,19-21,25-26,30,39,53,63H,5-6,10,12-18,22-24H2,1-4H3,(H,50,51,54)(H,52,60,61)/t30?,39-,45-/m0/s1. The average Bonchev–Trinajstić information content (AvgIpc) is 4.06. The van der Waals surface area contributed by atoms with E-state index in [1.54, 1.807) is 31.4 Å². The molecule has 338 valence electrons. The van der Waals surface area contributed by atoms with Crippen molar-refractivity contribution in [2.75, 3.05) is 54.9 Å². The number of likely N-dealkylation sites (tertiary alicyclic amines) is 1. The zero-order valence-electron chi connectivity index (χ0n) is 36.4. The Morgan fingerprint density at radius 2 is 1.77 bits per heavy atom. The molecule has 5 aliphatic rings. The van der Waals surface area contributed by atoms with Crippen molar-refractivity contribution in [3.8, 4) is 5.75 Å². The van der Waals surface area contributed by atoms with Crippen molar-refractivity contribution in [2.24, 2.45) is 25.4 Å². The lowest BCUT2D eigenvalue weighted by Gasteiger charge is -2.52. The van der Waals surface area contributed by atoms with Gasteiger partial charge in [-0.2, -0.15) is 10.1 Å². The lowest BCUT2D eigenvalue weighted by atomic mass is 9.69. The molecule has 1 aliphatic carbocycles. The Labute approximate surface area is 373 Å². The van der Waals surface area contributed by atoms with Crippen molar-refractivity contribution in [3.63, 3.8) is 0 Å². The molecule has 10 rings (SSSR count). The van der Waals surface area contributed by atoms with Gasteiger partial charge in [-0.1, -0.05) is 37.6 Å². The zero-order chi connectivity index (χ0) is 44.9. The number of carbonyl (C=O) groups excluding carboxylic acids is 2. The molecule has 4 aliphatic heterocycles. The molecule has 4 N–H and O–H groups in total. The summed E-state index contributed by atoms with van der Waals surface area (Å²) in [6.45, 7) is 6.55. The molecular formula is C46H53ClF2N10O5. The van der Waals surface area contributed by atoms with E-state index < -0.39 is 41.1 Å². The number of hydrogen-bond donors (Lipinski definition) is 4. The van der Waals surface area contributed by atoms with Crippen molar-refractivity contribution in [2.45, 2.75) is 88.2 Å². The summed E-state index contributed by atoms with van der Waals surface area (Å²) in [5.41, 5.74) is 2.32. The lowest BCUT2D eigenvalue weighted by molar-refractivity contribution is -0.134. The molecule has 2 amide bonds. The smallest absolute Gasteiger partial charge is 0.301 e. The van der Waals surface area contributed by atoms with E-state index in [9.17, 15) is 19.5 Å². The number of ether oxygens (including phenoxy) is 1. The van der Waals surface area contributed by atoms with Gasteiger partial charge in [0.05, 0.1) is 46.2 Å². The second-order valence-corrected chi connectivity index (χ2v) is 19.6. The largest absolute Gasteiger partial charge is 0.480 e. The predicted octanol–water partition coefficient (Wildman–Crippen LogP) is 6.20. The van der Waals surface area contributed by atoms with Gasteiger partial charge in [-0.3, -0.25) is 24.4 Å². The SMILES string of the molecule is Cn1nc(C2CCC(=O)NC2=O)c2ccc(C3CCN(C[C@@]4(O)CCN(c5ncc(Cl)c(Nc6ccc7c(c6)c6c(c(=O)n7C)OCC(F)(F)[C@H](C7CC7)N6)n5)CC4(C)C)CC3)cc21. The summed E-state index contributed by atoms with van der Waals surface area (Å²) in [5, 5.41) is 27.6. The van der Waals surface area contributed by atoms with Crippen LogP contribution in [0.4, 0.5) is 31.9 Å². The minimum atomic E-state index is -3.15. The molecule has 3 atom stereocenters. The maximum atomic E-state index is 15.2. The maximum Gasteiger partial charge on any atom is 0.301 e. The summed E-state index contributed by atoms with van der Waals surface area (Å²) in [6, 6.07) is 10.6. The van der Waals surface area contributed by atoms with E-state index in [0.29, 0.717) is 91.7 Å². The van der Waals surface area contributed by atoms with Crippen LogP contribution < -0.4 is 31.1 Å². The number of β-amino-alcohol motifs (C(OH)–C–C–N with tert-alkyl or cyclic N) is 1. The number of imide groups is 1. The van der Waals surface area contributed by atoms with Gasteiger partial charge in [0, 0.05) is 62.0 Å². The number of rotatable bonds is 8. The van der Waals surface area contributed by atoms with Crippen LogP contribution in [0.15, 0.2) is 47.4 Å². The number of nitrogens with one attached hydrogen (secondary N) is 3. The molecule has 0 bridgehead atoms. The fraction of sp³-hybridized carbons (Fsp3) is 0.522. The minimum Gasteiger partial charge on any atom is -0.480 e. The summed E-state index contributed by atoms with van der Waals surface area (Å²) in [6.07, 6.45) is 6.07. The first kappa shape index (κ1) is 42.6. The van der Waals surface area contributed by atoms with E-state index in [1.807, 2.05) is 11.7 Å². The van der Waals surface area contributed by atoms with Gasteiger partial charge in [-0.15, -0.1) is 0 Å². The number of benzene rings is 2. The number of halogens is 3. The number of aryl methyl sites for hydroxylation is 2. The second kappa shape index (κ2) is 15.7. The van der Waals surface area contributed by atoms with Crippen LogP contribution in [0.1, 0.15) is 81.9 Å². The van der Waals surface area contributed by atoms with Crippen LogP contribution in [0.2, 0.25) is 5.02 Å². The zero-order valence-corrected chi connectivity index (χ0v) is 37.1. The predicted molar refractivity (Wildman–Crippen MR) is 240 cm³/mol. The molecule has 3 saturated heterocycles. The molecule has 5 aromatic rings. The number of piperidine rings is 3. The van der Waals surface area contributed by atoms with E-state index in [-0.39, 0.29) is 34.2 Å². The first-order valence-corrected chi connectivity index (χ1v) is 22.6. The maximum absolute atomic E-state index is 15.2. The Bertz CT molecular complexity index is 2770. The van der Waals surface area contributed by atoms with Crippen LogP contribution in [0.3, 0.4) is 0 Å². The fourth-order valence-electron chi connectivity index (χ4n) is 10.4. The molecule has 0 spiro atoms. The molecule has 2 aromatic carbocycles. The van der Waals surface area contributed by atoms with E-state index >= 15 is 8.78 Å². The van der Waals surface area contributed by atoms with E-state index in [1.165, 1.54) is 10.1 Å². The number of pyridine rings is 1. The molecule has 3 aromatic heterocycles. The number of carbonyl (C=O) groups is 2.